The molecule has 3 heteroatoms. The molecule has 0 fully saturated rings. The van der Waals surface area contributed by atoms with Gasteiger partial charge in [-0.3, -0.25) is 9.80 Å². The normalized spacial score (nSPS) is 12.1. The number of hydrogen-bond donors (Lipinski definition) is 0. The second kappa shape index (κ2) is 16.7. The number of hydrogen-bond acceptors (Lipinski definition) is 2. The van der Waals surface area contributed by atoms with E-state index in [-0.39, 0.29) is 9.52 Å². The van der Waals surface area contributed by atoms with E-state index >= 15 is 0 Å². The topological polar surface area (TPSA) is 6.48 Å². The van der Waals surface area contributed by atoms with Crippen LogP contribution in [0.2, 0.25) is 6.04 Å². The molecule has 0 amide bonds. The van der Waals surface area contributed by atoms with E-state index in [4.69, 9.17) is 0 Å². The van der Waals surface area contributed by atoms with Crippen molar-refractivity contribution in [2.45, 2.75) is 98.2 Å². The molecular weight excluding hydrogens is 380 g/mol. The molecule has 0 atom stereocenters. The molecule has 0 aliphatic rings. The van der Waals surface area contributed by atoms with Crippen LogP contribution in [0.25, 0.3) is 5.57 Å². The minimum atomic E-state index is -0.291. The van der Waals surface area contributed by atoms with Crippen LogP contribution in [0, 0.1) is 0 Å². The highest BCUT2D eigenvalue weighted by Gasteiger charge is 2.24. The summed E-state index contributed by atoms with van der Waals surface area (Å²) in [5.74, 6) is 0. The fourth-order valence-electron chi connectivity index (χ4n) is 4.11. The minimum absolute atomic E-state index is 0.291. The lowest BCUT2D eigenvalue weighted by atomic mass is 10.1. The number of benzene rings is 1. The molecule has 0 bridgehead atoms. The molecule has 0 N–H and O–H groups in total. The Morgan fingerprint density at radius 1 is 0.767 bits per heavy atom. The molecule has 1 aromatic rings. The van der Waals surface area contributed by atoms with Gasteiger partial charge in [0.2, 0.25) is 0 Å². The van der Waals surface area contributed by atoms with Crippen LogP contribution < -0.4 is 5.19 Å². The van der Waals surface area contributed by atoms with E-state index in [2.05, 4.69) is 75.3 Å². The number of rotatable bonds is 18. The van der Waals surface area contributed by atoms with Gasteiger partial charge < -0.3 is 0 Å². The van der Waals surface area contributed by atoms with Gasteiger partial charge in [0.1, 0.15) is 0 Å². The molecule has 0 heterocycles. The van der Waals surface area contributed by atoms with Crippen molar-refractivity contribution in [2.24, 2.45) is 0 Å². The Balaban J connectivity index is 2.99. The van der Waals surface area contributed by atoms with Gasteiger partial charge in [0.15, 0.2) is 0 Å². The molecule has 0 aliphatic heterocycles. The third-order valence-electron chi connectivity index (χ3n) is 6.18. The number of nitrogens with zero attached hydrogens (tertiary/aromatic N) is 2. The smallest absolute Gasteiger partial charge is 0.0596 e. The molecule has 0 aromatic heterocycles. The first kappa shape index (κ1) is 27.1. The first-order chi connectivity index (χ1) is 14.6. The second-order valence-corrected chi connectivity index (χ2v) is 10.9. The molecule has 0 unspecified atom stereocenters. The van der Waals surface area contributed by atoms with Crippen molar-refractivity contribution < 1.29 is 0 Å². The zero-order valence-electron chi connectivity index (χ0n) is 20.9. The first-order valence-electron chi connectivity index (χ1n) is 12.8. The highest BCUT2D eigenvalue weighted by Crippen LogP contribution is 2.17. The summed E-state index contributed by atoms with van der Waals surface area (Å²) in [5, 5.41) is 1.60. The van der Waals surface area contributed by atoms with Gasteiger partial charge in [0.25, 0.3) is 0 Å². The highest BCUT2D eigenvalue weighted by atomic mass is 28.2. The average Bonchev–Trinajstić information content (AvgIpc) is 2.76. The minimum Gasteiger partial charge on any atom is -0.288 e. The SMILES string of the molecule is C=C(C)c1ccc([SiH2]CC(N(CCCC)CCCC)N(CCCC)CCCC)cc1. The maximum absolute atomic E-state index is 4.09. The molecule has 0 aliphatic carbocycles. The highest BCUT2D eigenvalue weighted by molar-refractivity contribution is 6.53. The molecule has 30 heavy (non-hydrogen) atoms. The molecule has 1 rings (SSSR count). The summed E-state index contributed by atoms with van der Waals surface area (Å²) in [6.45, 7) is 20.6. The van der Waals surface area contributed by atoms with Crippen LogP contribution in [0.15, 0.2) is 30.8 Å². The molecule has 0 saturated heterocycles. The summed E-state index contributed by atoms with van der Waals surface area (Å²) in [5.41, 5.74) is 2.45. The lowest BCUT2D eigenvalue weighted by Gasteiger charge is -2.40. The monoisotopic (exact) mass is 430 g/mol. The van der Waals surface area contributed by atoms with Crippen molar-refractivity contribution in [1.29, 1.82) is 0 Å². The third-order valence-corrected chi connectivity index (χ3v) is 8.03. The molecular formula is C27H50N2Si. The van der Waals surface area contributed by atoms with Crippen molar-refractivity contribution in [3.8, 4) is 0 Å². The van der Waals surface area contributed by atoms with E-state index in [1.165, 1.54) is 89.2 Å². The molecule has 172 valence electrons. The molecule has 2 nitrogen and oxygen atoms in total. The Labute approximate surface area is 190 Å². The van der Waals surface area contributed by atoms with Crippen molar-refractivity contribution in [2.75, 3.05) is 26.2 Å². The fraction of sp³-hybridized carbons (Fsp3) is 0.704. The average molecular weight is 431 g/mol. The van der Waals surface area contributed by atoms with Gasteiger partial charge in [-0.05, 0) is 70.4 Å². The Kier molecular flexibility index (Phi) is 15.1. The molecule has 0 saturated carbocycles. The van der Waals surface area contributed by atoms with Crippen LogP contribution in [0.1, 0.15) is 91.5 Å². The zero-order chi connectivity index (χ0) is 22.2. The second-order valence-electron chi connectivity index (χ2n) is 8.98. The molecule has 0 radical (unpaired) electrons. The van der Waals surface area contributed by atoms with Gasteiger partial charge in [0, 0.05) is 0 Å². The van der Waals surface area contributed by atoms with E-state index in [0.29, 0.717) is 6.17 Å². The van der Waals surface area contributed by atoms with Gasteiger partial charge in [-0.1, -0.05) is 95.0 Å². The van der Waals surface area contributed by atoms with Crippen LogP contribution in [-0.2, 0) is 0 Å². The Hall–Kier alpha value is -0.903. The predicted octanol–water partition coefficient (Wildman–Crippen LogP) is 6.06. The van der Waals surface area contributed by atoms with E-state index in [9.17, 15) is 0 Å². The number of allylic oxidation sites excluding steroid dienone is 1. The van der Waals surface area contributed by atoms with E-state index in [1.807, 2.05) is 0 Å². The van der Waals surface area contributed by atoms with Crippen molar-refractivity contribution in [3.05, 3.63) is 36.4 Å². The van der Waals surface area contributed by atoms with Crippen LogP contribution >= 0.6 is 0 Å². The first-order valence-corrected chi connectivity index (χ1v) is 14.5. The largest absolute Gasteiger partial charge is 0.288 e. The Morgan fingerprint density at radius 3 is 1.50 bits per heavy atom. The van der Waals surface area contributed by atoms with Crippen molar-refractivity contribution in [3.63, 3.8) is 0 Å². The summed E-state index contributed by atoms with van der Waals surface area (Å²) < 4.78 is 0. The quantitative estimate of drug-likeness (QED) is 0.206. The summed E-state index contributed by atoms with van der Waals surface area (Å²) in [6, 6.07) is 10.7. The Bertz CT molecular complexity index is 518. The lowest BCUT2D eigenvalue weighted by Crippen LogP contribution is -2.51. The summed E-state index contributed by atoms with van der Waals surface area (Å²) in [7, 11) is -0.291. The van der Waals surface area contributed by atoms with Crippen LogP contribution in [0.4, 0.5) is 0 Å². The standard InChI is InChI=1S/C27H50N2Si/c1-7-11-19-28(20-12-8-2)27(29(21-13-9-3)22-14-10-4)23-30-26-17-15-25(16-18-26)24(5)6/h15-18,27H,5,7-14,19-23,30H2,1-4,6H3. The van der Waals surface area contributed by atoms with Gasteiger partial charge >= 0.3 is 0 Å². The van der Waals surface area contributed by atoms with Gasteiger partial charge in [-0.2, -0.15) is 0 Å². The molecule has 1 aromatic carbocycles. The van der Waals surface area contributed by atoms with Crippen LogP contribution in [0.3, 0.4) is 0 Å². The summed E-state index contributed by atoms with van der Waals surface area (Å²) >= 11 is 0. The lowest BCUT2D eigenvalue weighted by molar-refractivity contribution is 0.0502. The van der Waals surface area contributed by atoms with Crippen LogP contribution in [0.5, 0.6) is 0 Å². The maximum atomic E-state index is 4.09. The Morgan fingerprint density at radius 2 is 1.17 bits per heavy atom. The summed E-state index contributed by atoms with van der Waals surface area (Å²) in [6.07, 6.45) is 11.1. The van der Waals surface area contributed by atoms with Crippen molar-refractivity contribution >= 4 is 20.3 Å². The van der Waals surface area contributed by atoms with Crippen molar-refractivity contribution in [1.82, 2.24) is 9.80 Å². The predicted molar refractivity (Wildman–Crippen MR) is 141 cm³/mol. The van der Waals surface area contributed by atoms with Gasteiger partial charge in [-0.25, -0.2) is 0 Å². The van der Waals surface area contributed by atoms with E-state index in [1.54, 1.807) is 5.19 Å². The van der Waals surface area contributed by atoms with Gasteiger partial charge in [-0.15, -0.1) is 0 Å². The van der Waals surface area contributed by atoms with Crippen LogP contribution in [-0.4, -0.2) is 51.7 Å². The van der Waals surface area contributed by atoms with E-state index < -0.39 is 0 Å². The number of unbranched alkanes of at least 4 members (excludes halogenated alkanes) is 4. The zero-order valence-corrected chi connectivity index (χ0v) is 22.3. The fourth-order valence-corrected chi connectivity index (χ4v) is 6.00. The maximum Gasteiger partial charge on any atom is 0.0596 e. The van der Waals surface area contributed by atoms with Gasteiger partial charge in [0.05, 0.1) is 15.7 Å². The summed E-state index contributed by atoms with van der Waals surface area (Å²) in [4.78, 5) is 5.71. The molecule has 0 spiro atoms. The third kappa shape index (κ3) is 10.4. The van der Waals surface area contributed by atoms with E-state index in [0.717, 1.165) is 5.57 Å².